The van der Waals surface area contributed by atoms with E-state index in [-0.39, 0.29) is 12.4 Å². The highest BCUT2D eigenvalue weighted by molar-refractivity contribution is 9.10. The Labute approximate surface area is 175 Å². The van der Waals surface area contributed by atoms with Crippen molar-refractivity contribution < 1.29 is 27.4 Å². The lowest BCUT2D eigenvalue weighted by Crippen LogP contribution is -2.48. The maximum atomic E-state index is 12.8. The lowest BCUT2D eigenvalue weighted by molar-refractivity contribution is -0.137. The van der Waals surface area contributed by atoms with Gasteiger partial charge in [-0.1, -0.05) is 12.1 Å². The molecule has 5 nitrogen and oxygen atoms in total. The summed E-state index contributed by atoms with van der Waals surface area (Å²) in [7, 11) is 0. The van der Waals surface area contributed by atoms with E-state index in [9.17, 15) is 18.0 Å². The zero-order valence-corrected chi connectivity index (χ0v) is 17.6. The SMILES string of the molecule is CC(C)(C)OC(=O)N1c2ccccc2N(Br)C1COc1ccc(C(F)(F)F)cc1. The maximum Gasteiger partial charge on any atom is 0.416 e. The number of hydrogen-bond donors (Lipinski definition) is 0. The maximum absolute atomic E-state index is 12.8. The number of halogens is 4. The van der Waals surface area contributed by atoms with Gasteiger partial charge in [0.1, 0.15) is 18.0 Å². The van der Waals surface area contributed by atoms with Gasteiger partial charge >= 0.3 is 12.3 Å². The van der Waals surface area contributed by atoms with E-state index < -0.39 is 29.6 Å². The van der Waals surface area contributed by atoms with E-state index in [1.165, 1.54) is 17.0 Å². The van der Waals surface area contributed by atoms with Crippen LogP contribution in [-0.4, -0.2) is 24.5 Å². The number of para-hydroxylation sites is 2. The summed E-state index contributed by atoms with van der Waals surface area (Å²) in [5.41, 5.74) is -0.0560. The predicted molar refractivity (Wildman–Crippen MR) is 107 cm³/mol. The van der Waals surface area contributed by atoms with Crippen molar-refractivity contribution >= 4 is 33.6 Å². The first-order valence-corrected chi connectivity index (χ1v) is 9.54. The van der Waals surface area contributed by atoms with Gasteiger partial charge in [-0.05, 0) is 57.2 Å². The molecule has 0 saturated carbocycles. The second-order valence-electron chi connectivity index (χ2n) is 7.46. The fraction of sp³-hybridized carbons (Fsp3) is 0.350. The lowest BCUT2D eigenvalue weighted by Gasteiger charge is -2.30. The first-order valence-electron chi connectivity index (χ1n) is 8.84. The summed E-state index contributed by atoms with van der Waals surface area (Å²) >= 11 is 3.46. The molecule has 0 aromatic heterocycles. The van der Waals surface area contributed by atoms with Gasteiger partial charge in [0.15, 0.2) is 6.17 Å². The number of benzene rings is 2. The Morgan fingerprint density at radius 3 is 2.17 bits per heavy atom. The topological polar surface area (TPSA) is 42.0 Å². The van der Waals surface area contributed by atoms with Gasteiger partial charge in [-0.3, -0.25) is 8.83 Å². The zero-order valence-electron chi connectivity index (χ0n) is 16.0. The highest BCUT2D eigenvalue weighted by Gasteiger charge is 2.41. The number of carbonyl (C=O) groups excluding carboxylic acids is 1. The van der Waals surface area contributed by atoms with Crippen molar-refractivity contribution in [3.63, 3.8) is 0 Å². The summed E-state index contributed by atoms with van der Waals surface area (Å²) < 4.78 is 51.0. The normalized spacial score (nSPS) is 16.6. The summed E-state index contributed by atoms with van der Waals surface area (Å²) in [5.74, 6) is 0.263. The van der Waals surface area contributed by atoms with Gasteiger partial charge in [0.25, 0.3) is 0 Å². The van der Waals surface area contributed by atoms with Crippen molar-refractivity contribution in [1.82, 2.24) is 0 Å². The molecule has 0 N–H and O–H groups in total. The molecular weight excluding hydrogens is 453 g/mol. The minimum atomic E-state index is -4.41. The van der Waals surface area contributed by atoms with Crippen LogP contribution in [0.5, 0.6) is 5.75 Å². The Hall–Kier alpha value is -2.42. The minimum Gasteiger partial charge on any atom is -0.489 e. The van der Waals surface area contributed by atoms with E-state index in [0.29, 0.717) is 5.69 Å². The molecule has 0 aliphatic carbocycles. The van der Waals surface area contributed by atoms with Gasteiger partial charge in [0, 0.05) is 0 Å². The van der Waals surface area contributed by atoms with Gasteiger partial charge < -0.3 is 9.47 Å². The van der Waals surface area contributed by atoms with E-state index >= 15 is 0 Å². The Morgan fingerprint density at radius 2 is 1.62 bits per heavy atom. The molecule has 0 spiro atoms. The van der Waals surface area contributed by atoms with Crippen LogP contribution < -0.4 is 13.6 Å². The molecule has 1 amide bonds. The molecule has 1 heterocycles. The molecule has 1 aliphatic rings. The number of nitrogens with zero attached hydrogens (tertiary/aromatic N) is 2. The van der Waals surface area contributed by atoms with E-state index in [4.69, 9.17) is 9.47 Å². The van der Waals surface area contributed by atoms with Gasteiger partial charge in [0.05, 0.1) is 33.1 Å². The second kappa shape index (κ2) is 7.78. The molecule has 3 rings (SSSR count). The third-order valence-electron chi connectivity index (χ3n) is 4.10. The summed E-state index contributed by atoms with van der Waals surface area (Å²) in [6.45, 7) is 5.32. The zero-order chi connectivity index (χ0) is 21.4. The molecule has 29 heavy (non-hydrogen) atoms. The van der Waals surface area contributed by atoms with E-state index in [2.05, 4.69) is 16.1 Å². The van der Waals surface area contributed by atoms with Crippen molar-refractivity contribution in [1.29, 1.82) is 0 Å². The van der Waals surface area contributed by atoms with Crippen LogP contribution in [0.25, 0.3) is 0 Å². The van der Waals surface area contributed by atoms with Crippen molar-refractivity contribution in [3.8, 4) is 5.75 Å². The number of hydrogen-bond acceptors (Lipinski definition) is 4. The van der Waals surface area contributed by atoms with Crippen LogP contribution in [0.15, 0.2) is 48.5 Å². The van der Waals surface area contributed by atoms with Crippen molar-refractivity contribution in [3.05, 3.63) is 54.1 Å². The molecule has 0 fully saturated rings. The largest absolute Gasteiger partial charge is 0.489 e. The van der Waals surface area contributed by atoms with Crippen molar-refractivity contribution in [2.45, 2.75) is 38.7 Å². The highest BCUT2D eigenvalue weighted by atomic mass is 79.9. The van der Waals surface area contributed by atoms with Crippen LogP contribution >= 0.6 is 16.1 Å². The molecule has 2 aromatic rings. The van der Waals surface area contributed by atoms with Crippen LogP contribution in [0.1, 0.15) is 26.3 Å². The molecule has 1 atom stereocenters. The van der Waals surface area contributed by atoms with E-state index in [0.717, 1.165) is 17.8 Å². The molecule has 9 heteroatoms. The molecule has 156 valence electrons. The first kappa shape index (κ1) is 21.3. The number of carbonyl (C=O) groups is 1. The quantitative estimate of drug-likeness (QED) is 0.515. The molecular formula is C20H20BrF3N2O3. The fourth-order valence-corrected chi connectivity index (χ4v) is 3.45. The average molecular weight is 473 g/mol. The Balaban J connectivity index is 1.80. The number of fused-ring (bicyclic) bond motifs is 1. The molecule has 0 saturated heterocycles. The standard InChI is InChI=1S/C20H20BrF3N2O3/c1-19(2,3)29-18(27)25-15-6-4-5-7-16(15)26(21)17(25)12-28-14-10-8-13(9-11-14)20(22,23)24/h4-11,17H,12H2,1-3H3. The van der Waals surface area contributed by atoms with Crippen LogP contribution in [0.3, 0.4) is 0 Å². The number of alkyl halides is 3. The second-order valence-corrected chi connectivity index (χ2v) is 8.23. The Morgan fingerprint density at radius 1 is 1.03 bits per heavy atom. The van der Waals surface area contributed by atoms with Crippen molar-refractivity contribution in [2.24, 2.45) is 0 Å². The van der Waals surface area contributed by atoms with Crippen molar-refractivity contribution in [2.75, 3.05) is 15.4 Å². The Bertz CT molecular complexity index is 882. The number of amides is 1. The summed E-state index contributed by atoms with van der Waals surface area (Å²) in [4.78, 5) is 14.3. The minimum absolute atomic E-state index is 0.00450. The number of rotatable bonds is 3. The van der Waals surface area contributed by atoms with Crippen LogP contribution in [0.2, 0.25) is 0 Å². The molecule has 0 radical (unpaired) electrons. The van der Waals surface area contributed by atoms with Crippen LogP contribution in [0, 0.1) is 0 Å². The summed E-state index contributed by atoms with van der Waals surface area (Å²) in [6, 6.07) is 11.7. The van der Waals surface area contributed by atoms with Gasteiger partial charge in [-0.2, -0.15) is 13.2 Å². The molecule has 1 unspecified atom stereocenters. The third kappa shape index (κ3) is 4.77. The average Bonchev–Trinajstić information content (AvgIpc) is 2.91. The monoisotopic (exact) mass is 472 g/mol. The number of anilines is 2. The predicted octanol–water partition coefficient (Wildman–Crippen LogP) is 5.98. The molecule has 2 aromatic carbocycles. The van der Waals surface area contributed by atoms with Crippen LogP contribution in [0.4, 0.5) is 29.3 Å². The van der Waals surface area contributed by atoms with Crippen LogP contribution in [-0.2, 0) is 10.9 Å². The molecule has 1 aliphatic heterocycles. The fourth-order valence-electron chi connectivity index (χ4n) is 2.85. The number of ether oxygens (including phenoxy) is 2. The Kier molecular flexibility index (Phi) is 5.71. The highest BCUT2D eigenvalue weighted by Crippen LogP contribution is 2.42. The van der Waals surface area contributed by atoms with E-state index in [1.54, 1.807) is 36.8 Å². The third-order valence-corrected chi connectivity index (χ3v) is 4.96. The molecule has 0 bridgehead atoms. The first-order chi connectivity index (χ1) is 13.5. The van der Waals surface area contributed by atoms with Gasteiger partial charge in [0.2, 0.25) is 0 Å². The van der Waals surface area contributed by atoms with Gasteiger partial charge in [-0.15, -0.1) is 0 Å². The van der Waals surface area contributed by atoms with E-state index in [1.807, 2.05) is 12.1 Å². The summed E-state index contributed by atoms with van der Waals surface area (Å²) in [6.07, 6.45) is -5.55. The van der Waals surface area contributed by atoms with Gasteiger partial charge in [-0.25, -0.2) is 4.79 Å². The lowest BCUT2D eigenvalue weighted by atomic mass is 10.2. The summed E-state index contributed by atoms with van der Waals surface area (Å²) in [5, 5.41) is 0. The smallest absolute Gasteiger partial charge is 0.416 e.